The van der Waals surface area contributed by atoms with Gasteiger partial charge in [0.15, 0.2) is 0 Å². The van der Waals surface area contributed by atoms with Crippen LogP contribution in [0.2, 0.25) is 0 Å². The molecule has 1 saturated heterocycles. The number of benzene rings is 1. The van der Waals surface area contributed by atoms with Crippen molar-refractivity contribution in [2.45, 2.75) is 44.8 Å². The number of morpholine rings is 1. The lowest BCUT2D eigenvalue weighted by Gasteiger charge is -2.33. The zero-order valence-electron chi connectivity index (χ0n) is 13.1. The van der Waals surface area contributed by atoms with Gasteiger partial charge in [-0.1, -0.05) is 18.6 Å². The summed E-state index contributed by atoms with van der Waals surface area (Å²) in [5.74, 6) is 0.521. The van der Waals surface area contributed by atoms with Crippen LogP contribution in [-0.2, 0) is 11.3 Å². The Hall–Kier alpha value is -0.680. The van der Waals surface area contributed by atoms with E-state index in [0.717, 1.165) is 37.4 Å². The molecule has 1 aliphatic heterocycles. The van der Waals surface area contributed by atoms with Gasteiger partial charge in [-0.05, 0) is 42.9 Å². The second kappa shape index (κ2) is 8.25. The highest BCUT2D eigenvalue weighted by Gasteiger charge is 2.34. The largest absolute Gasteiger partial charge is 0.379 e. The van der Waals surface area contributed by atoms with E-state index in [1.165, 1.54) is 19.3 Å². The summed E-state index contributed by atoms with van der Waals surface area (Å²) in [6.07, 6.45) is 3.77. The molecule has 3 unspecified atom stereocenters. The molecule has 22 heavy (non-hydrogen) atoms. The third-order valence-corrected chi connectivity index (χ3v) is 4.83. The maximum absolute atomic E-state index is 13.3. The summed E-state index contributed by atoms with van der Waals surface area (Å²) < 4.78 is 18.9. The molecule has 1 heterocycles. The molecular formula is C17H26ClFN2O. The standard InChI is InChI=1S/C17H25FN2O.ClH/c1-12-9-13(5-6-15(12)18)10-20-16-4-2-3-14(16)17-11-21-8-7-19-17;/h5-6,9,14,16-17,19-20H,2-4,7-8,10-11H2,1H3;1H. The number of aryl methyl sites for hydroxylation is 1. The van der Waals surface area contributed by atoms with Gasteiger partial charge in [0.1, 0.15) is 5.82 Å². The molecule has 0 spiro atoms. The van der Waals surface area contributed by atoms with Crippen molar-refractivity contribution in [3.63, 3.8) is 0 Å². The van der Waals surface area contributed by atoms with E-state index in [1.54, 1.807) is 6.07 Å². The van der Waals surface area contributed by atoms with Crippen molar-refractivity contribution in [1.82, 2.24) is 10.6 Å². The van der Waals surface area contributed by atoms with Crippen LogP contribution in [0.4, 0.5) is 4.39 Å². The van der Waals surface area contributed by atoms with Crippen LogP contribution in [0.25, 0.3) is 0 Å². The highest BCUT2D eigenvalue weighted by Crippen LogP contribution is 2.29. The molecule has 0 bridgehead atoms. The summed E-state index contributed by atoms with van der Waals surface area (Å²) in [5, 5.41) is 7.27. The van der Waals surface area contributed by atoms with Gasteiger partial charge in [-0.15, -0.1) is 12.4 Å². The molecule has 3 atom stereocenters. The Morgan fingerprint density at radius 3 is 2.95 bits per heavy atom. The molecule has 5 heteroatoms. The summed E-state index contributed by atoms with van der Waals surface area (Å²) in [6.45, 7) is 5.26. The van der Waals surface area contributed by atoms with Gasteiger partial charge in [0.2, 0.25) is 0 Å². The van der Waals surface area contributed by atoms with Crippen molar-refractivity contribution < 1.29 is 9.13 Å². The summed E-state index contributed by atoms with van der Waals surface area (Å²) in [6, 6.07) is 6.40. The van der Waals surface area contributed by atoms with Gasteiger partial charge in [0.25, 0.3) is 0 Å². The number of hydrogen-bond acceptors (Lipinski definition) is 3. The summed E-state index contributed by atoms with van der Waals surface area (Å²) in [7, 11) is 0. The lowest BCUT2D eigenvalue weighted by atomic mass is 9.94. The second-order valence-corrected chi connectivity index (χ2v) is 6.30. The number of ether oxygens (including phenoxy) is 1. The van der Waals surface area contributed by atoms with Gasteiger partial charge in [0.05, 0.1) is 13.2 Å². The minimum absolute atomic E-state index is 0. The van der Waals surface area contributed by atoms with Gasteiger partial charge in [-0.25, -0.2) is 4.39 Å². The Morgan fingerprint density at radius 1 is 1.36 bits per heavy atom. The third-order valence-electron chi connectivity index (χ3n) is 4.83. The monoisotopic (exact) mass is 328 g/mol. The van der Waals surface area contributed by atoms with Crippen molar-refractivity contribution in [1.29, 1.82) is 0 Å². The zero-order chi connectivity index (χ0) is 14.7. The number of halogens is 2. The maximum atomic E-state index is 13.3. The first kappa shape index (κ1) is 17.7. The molecule has 1 saturated carbocycles. The van der Waals surface area contributed by atoms with Crippen LogP contribution in [0.3, 0.4) is 0 Å². The van der Waals surface area contributed by atoms with Crippen LogP contribution in [0.1, 0.15) is 30.4 Å². The molecule has 3 rings (SSSR count). The van der Waals surface area contributed by atoms with Gasteiger partial charge in [0, 0.05) is 25.2 Å². The van der Waals surface area contributed by atoms with Gasteiger partial charge >= 0.3 is 0 Å². The molecule has 2 aliphatic rings. The predicted octanol–water partition coefficient (Wildman–Crippen LogP) is 2.80. The molecule has 0 radical (unpaired) electrons. The van der Waals surface area contributed by atoms with E-state index in [1.807, 2.05) is 19.1 Å². The van der Waals surface area contributed by atoms with E-state index in [2.05, 4.69) is 10.6 Å². The Kier molecular flexibility index (Phi) is 6.63. The SMILES string of the molecule is Cc1cc(CNC2CCCC2C2COCCN2)ccc1F.Cl. The summed E-state index contributed by atoms with van der Waals surface area (Å²) >= 11 is 0. The number of hydrogen-bond donors (Lipinski definition) is 2. The lowest BCUT2D eigenvalue weighted by molar-refractivity contribution is 0.0524. The molecule has 0 amide bonds. The average Bonchev–Trinajstić information content (AvgIpc) is 2.98. The van der Waals surface area contributed by atoms with Crippen LogP contribution in [0.5, 0.6) is 0 Å². The quantitative estimate of drug-likeness (QED) is 0.891. The molecule has 1 aromatic rings. The van der Waals surface area contributed by atoms with E-state index in [4.69, 9.17) is 4.74 Å². The minimum Gasteiger partial charge on any atom is -0.379 e. The van der Waals surface area contributed by atoms with Gasteiger partial charge in [-0.3, -0.25) is 0 Å². The normalized spacial score (nSPS) is 28.4. The minimum atomic E-state index is -0.124. The second-order valence-electron chi connectivity index (χ2n) is 6.30. The van der Waals surface area contributed by atoms with Crippen molar-refractivity contribution in [2.24, 2.45) is 5.92 Å². The number of rotatable bonds is 4. The van der Waals surface area contributed by atoms with Crippen molar-refractivity contribution >= 4 is 12.4 Å². The highest BCUT2D eigenvalue weighted by atomic mass is 35.5. The smallest absolute Gasteiger partial charge is 0.126 e. The molecule has 1 aliphatic carbocycles. The molecule has 124 valence electrons. The lowest BCUT2D eigenvalue weighted by Crippen LogP contribution is -2.50. The van der Waals surface area contributed by atoms with Crippen LogP contribution in [-0.4, -0.2) is 31.8 Å². The Labute approximate surface area is 138 Å². The first-order valence-corrected chi connectivity index (χ1v) is 8.03. The molecule has 3 nitrogen and oxygen atoms in total. The topological polar surface area (TPSA) is 33.3 Å². The van der Waals surface area contributed by atoms with E-state index in [-0.39, 0.29) is 18.2 Å². The van der Waals surface area contributed by atoms with Crippen LogP contribution in [0.15, 0.2) is 18.2 Å². The fourth-order valence-corrected chi connectivity index (χ4v) is 3.65. The fraction of sp³-hybridized carbons (Fsp3) is 0.647. The molecule has 2 fully saturated rings. The first-order valence-electron chi connectivity index (χ1n) is 8.03. The number of nitrogens with one attached hydrogen (secondary N) is 2. The summed E-state index contributed by atoms with van der Waals surface area (Å²) in [4.78, 5) is 0. The van der Waals surface area contributed by atoms with E-state index in [0.29, 0.717) is 18.0 Å². The maximum Gasteiger partial charge on any atom is 0.126 e. The van der Waals surface area contributed by atoms with Gasteiger partial charge in [-0.2, -0.15) is 0 Å². The van der Waals surface area contributed by atoms with Crippen molar-refractivity contribution in [2.75, 3.05) is 19.8 Å². The fourth-order valence-electron chi connectivity index (χ4n) is 3.65. The third kappa shape index (κ3) is 4.19. The molecule has 0 aromatic heterocycles. The van der Waals surface area contributed by atoms with E-state index < -0.39 is 0 Å². The van der Waals surface area contributed by atoms with Crippen LogP contribution >= 0.6 is 12.4 Å². The van der Waals surface area contributed by atoms with Crippen LogP contribution < -0.4 is 10.6 Å². The van der Waals surface area contributed by atoms with E-state index in [9.17, 15) is 4.39 Å². The molecule has 2 N–H and O–H groups in total. The summed E-state index contributed by atoms with van der Waals surface area (Å²) in [5.41, 5.74) is 1.88. The Morgan fingerprint density at radius 2 is 2.23 bits per heavy atom. The molecule has 1 aromatic carbocycles. The Balaban J connectivity index is 0.00000176. The zero-order valence-corrected chi connectivity index (χ0v) is 13.9. The van der Waals surface area contributed by atoms with Gasteiger partial charge < -0.3 is 15.4 Å². The van der Waals surface area contributed by atoms with Crippen molar-refractivity contribution in [3.05, 3.63) is 35.1 Å². The highest BCUT2D eigenvalue weighted by molar-refractivity contribution is 5.85. The van der Waals surface area contributed by atoms with Crippen LogP contribution in [0, 0.1) is 18.7 Å². The Bertz CT molecular complexity index is 480. The van der Waals surface area contributed by atoms with Crippen molar-refractivity contribution in [3.8, 4) is 0 Å². The predicted molar refractivity (Wildman–Crippen MR) is 89.0 cm³/mol. The van der Waals surface area contributed by atoms with E-state index >= 15 is 0 Å². The average molecular weight is 329 g/mol. The first-order chi connectivity index (χ1) is 10.2. The molecular weight excluding hydrogens is 303 g/mol.